The molecule has 0 aliphatic heterocycles. The molecule has 1 atom stereocenters. The summed E-state index contributed by atoms with van der Waals surface area (Å²) in [4.78, 5) is 12.0. The molecule has 3 N–H and O–H groups in total. The second-order valence-corrected chi connectivity index (χ2v) is 4.95. The minimum absolute atomic E-state index is 0. The Morgan fingerprint density at radius 3 is 2.62 bits per heavy atom. The number of hydrogen-bond donors (Lipinski definition) is 2. The van der Waals surface area contributed by atoms with Crippen molar-refractivity contribution in [1.29, 1.82) is 0 Å². The number of nitrogens with one attached hydrogen (secondary N) is 1. The third-order valence-electron chi connectivity index (χ3n) is 3.19. The first-order valence-corrected chi connectivity index (χ1v) is 6.63. The Kier molecular flexibility index (Phi) is 6.39. The summed E-state index contributed by atoms with van der Waals surface area (Å²) in [5, 5.41) is 6.94. The Morgan fingerprint density at radius 1 is 1.38 bits per heavy atom. The molecule has 114 valence electrons. The van der Waals surface area contributed by atoms with Crippen LogP contribution in [0.15, 0.2) is 36.7 Å². The normalized spacial score (nSPS) is 11.6. The zero-order chi connectivity index (χ0) is 14.5. The SMILES string of the molecule is Cc1ccc(C(N)C(=O)NCCc2cnn(C)c2)cc1.Cl. The molecule has 0 saturated heterocycles. The van der Waals surface area contributed by atoms with Crippen LogP contribution in [0.4, 0.5) is 0 Å². The molecule has 0 saturated carbocycles. The predicted octanol–water partition coefficient (Wildman–Crippen LogP) is 1.51. The Hall–Kier alpha value is -1.85. The van der Waals surface area contributed by atoms with Crippen LogP contribution in [0, 0.1) is 6.92 Å². The molecule has 1 amide bonds. The first-order valence-electron chi connectivity index (χ1n) is 6.63. The smallest absolute Gasteiger partial charge is 0.241 e. The number of benzene rings is 1. The van der Waals surface area contributed by atoms with Gasteiger partial charge in [-0.05, 0) is 24.5 Å². The van der Waals surface area contributed by atoms with E-state index in [4.69, 9.17) is 5.73 Å². The van der Waals surface area contributed by atoms with Crippen LogP contribution in [0.2, 0.25) is 0 Å². The number of halogens is 1. The van der Waals surface area contributed by atoms with E-state index in [1.807, 2.05) is 44.4 Å². The van der Waals surface area contributed by atoms with Gasteiger partial charge in [-0.2, -0.15) is 5.10 Å². The van der Waals surface area contributed by atoms with E-state index >= 15 is 0 Å². The molecule has 1 heterocycles. The molecule has 0 aliphatic rings. The van der Waals surface area contributed by atoms with E-state index in [1.54, 1.807) is 10.9 Å². The lowest BCUT2D eigenvalue weighted by molar-refractivity contribution is -0.122. The summed E-state index contributed by atoms with van der Waals surface area (Å²) >= 11 is 0. The van der Waals surface area contributed by atoms with Crippen molar-refractivity contribution in [3.8, 4) is 0 Å². The Bertz CT molecular complexity index is 580. The fourth-order valence-electron chi connectivity index (χ4n) is 1.97. The van der Waals surface area contributed by atoms with Crippen molar-refractivity contribution >= 4 is 18.3 Å². The third-order valence-corrected chi connectivity index (χ3v) is 3.19. The van der Waals surface area contributed by atoms with Gasteiger partial charge in [-0.3, -0.25) is 9.48 Å². The zero-order valence-corrected chi connectivity index (χ0v) is 13.1. The van der Waals surface area contributed by atoms with Crippen molar-refractivity contribution in [3.05, 3.63) is 53.3 Å². The summed E-state index contributed by atoms with van der Waals surface area (Å²) < 4.78 is 1.75. The third kappa shape index (κ3) is 4.88. The molecular formula is C15H21ClN4O. The largest absolute Gasteiger partial charge is 0.354 e. The second kappa shape index (κ2) is 7.81. The van der Waals surface area contributed by atoms with E-state index in [2.05, 4.69) is 10.4 Å². The van der Waals surface area contributed by atoms with Crippen molar-refractivity contribution in [3.63, 3.8) is 0 Å². The lowest BCUT2D eigenvalue weighted by Gasteiger charge is -2.12. The molecule has 2 aromatic rings. The number of nitrogens with zero attached hydrogens (tertiary/aromatic N) is 2. The number of carbonyl (C=O) groups excluding carboxylic acids is 1. The van der Waals surface area contributed by atoms with Crippen molar-refractivity contribution in [2.75, 3.05) is 6.54 Å². The summed E-state index contributed by atoms with van der Waals surface area (Å²) in [5.74, 6) is -0.155. The molecule has 0 bridgehead atoms. The summed E-state index contributed by atoms with van der Waals surface area (Å²) in [5.41, 5.74) is 9.02. The fraction of sp³-hybridized carbons (Fsp3) is 0.333. The van der Waals surface area contributed by atoms with Crippen LogP contribution in [-0.2, 0) is 18.3 Å². The first-order chi connectivity index (χ1) is 9.56. The van der Waals surface area contributed by atoms with Gasteiger partial charge in [0, 0.05) is 19.8 Å². The molecule has 0 fully saturated rings. The highest BCUT2D eigenvalue weighted by molar-refractivity contribution is 5.85. The highest BCUT2D eigenvalue weighted by Gasteiger charge is 2.14. The first kappa shape index (κ1) is 17.2. The Labute approximate surface area is 130 Å². The number of aryl methyl sites for hydroxylation is 2. The fourth-order valence-corrected chi connectivity index (χ4v) is 1.97. The number of carbonyl (C=O) groups is 1. The van der Waals surface area contributed by atoms with Crippen LogP contribution in [0.25, 0.3) is 0 Å². The topological polar surface area (TPSA) is 72.9 Å². The van der Waals surface area contributed by atoms with E-state index in [9.17, 15) is 4.79 Å². The monoisotopic (exact) mass is 308 g/mol. The summed E-state index contributed by atoms with van der Waals surface area (Å²) in [6.07, 6.45) is 4.48. The molecule has 21 heavy (non-hydrogen) atoms. The van der Waals surface area contributed by atoms with Crippen molar-refractivity contribution in [1.82, 2.24) is 15.1 Å². The van der Waals surface area contributed by atoms with Crippen LogP contribution in [0.3, 0.4) is 0 Å². The van der Waals surface area contributed by atoms with Crippen LogP contribution < -0.4 is 11.1 Å². The average molecular weight is 309 g/mol. The second-order valence-electron chi connectivity index (χ2n) is 4.95. The van der Waals surface area contributed by atoms with Gasteiger partial charge >= 0.3 is 0 Å². The number of rotatable bonds is 5. The summed E-state index contributed by atoms with van der Waals surface area (Å²) in [6, 6.07) is 7.07. The van der Waals surface area contributed by atoms with Gasteiger partial charge in [0.25, 0.3) is 0 Å². The van der Waals surface area contributed by atoms with Gasteiger partial charge in [0.15, 0.2) is 0 Å². The molecule has 0 radical (unpaired) electrons. The number of nitrogens with two attached hydrogens (primary N) is 1. The van der Waals surface area contributed by atoms with Gasteiger partial charge in [0.05, 0.1) is 6.20 Å². The Morgan fingerprint density at radius 2 is 2.05 bits per heavy atom. The summed E-state index contributed by atoms with van der Waals surface area (Å²) in [7, 11) is 1.87. The average Bonchev–Trinajstić information content (AvgIpc) is 2.84. The predicted molar refractivity (Wildman–Crippen MR) is 85.3 cm³/mol. The van der Waals surface area contributed by atoms with Gasteiger partial charge in [0.2, 0.25) is 5.91 Å². The van der Waals surface area contributed by atoms with E-state index in [0.29, 0.717) is 6.54 Å². The van der Waals surface area contributed by atoms with Crippen molar-refractivity contribution in [2.24, 2.45) is 12.8 Å². The van der Waals surface area contributed by atoms with Gasteiger partial charge in [-0.15, -0.1) is 12.4 Å². The maximum absolute atomic E-state index is 12.0. The maximum atomic E-state index is 12.0. The lowest BCUT2D eigenvalue weighted by Crippen LogP contribution is -2.35. The number of hydrogen-bond acceptors (Lipinski definition) is 3. The molecule has 6 heteroatoms. The number of aromatic nitrogens is 2. The lowest BCUT2D eigenvalue weighted by atomic mass is 10.1. The molecule has 1 aromatic heterocycles. The summed E-state index contributed by atoms with van der Waals surface area (Å²) in [6.45, 7) is 2.56. The van der Waals surface area contributed by atoms with Crippen molar-refractivity contribution in [2.45, 2.75) is 19.4 Å². The highest BCUT2D eigenvalue weighted by atomic mass is 35.5. The number of amides is 1. The molecule has 5 nitrogen and oxygen atoms in total. The van der Waals surface area contributed by atoms with Gasteiger partial charge < -0.3 is 11.1 Å². The van der Waals surface area contributed by atoms with E-state index in [-0.39, 0.29) is 18.3 Å². The van der Waals surface area contributed by atoms with E-state index in [1.165, 1.54) is 0 Å². The van der Waals surface area contributed by atoms with Gasteiger partial charge in [-0.25, -0.2) is 0 Å². The molecule has 0 spiro atoms. The van der Waals surface area contributed by atoms with Crippen LogP contribution in [0.1, 0.15) is 22.7 Å². The van der Waals surface area contributed by atoms with E-state index < -0.39 is 6.04 Å². The van der Waals surface area contributed by atoms with Crippen molar-refractivity contribution < 1.29 is 4.79 Å². The molecule has 2 rings (SSSR count). The quantitative estimate of drug-likeness (QED) is 0.879. The van der Waals surface area contributed by atoms with E-state index in [0.717, 1.165) is 23.1 Å². The molecular weight excluding hydrogens is 288 g/mol. The zero-order valence-electron chi connectivity index (χ0n) is 12.2. The minimum Gasteiger partial charge on any atom is -0.354 e. The Balaban J connectivity index is 0.00000220. The molecule has 1 unspecified atom stereocenters. The maximum Gasteiger partial charge on any atom is 0.241 e. The van der Waals surface area contributed by atoms with Crippen LogP contribution in [-0.4, -0.2) is 22.2 Å². The molecule has 0 aliphatic carbocycles. The van der Waals surface area contributed by atoms with Gasteiger partial charge in [-0.1, -0.05) is 29.8 Å². The van der Waals surface area contributed by atoms with Gasteiger partial charge in [0.1, 0.15) is 6.04 Å². The van der Waals surface area contributed by atoms with Crippen LogP contribution in [0.5, 0.6) is 0 Å². The minimum atomic E-state index is -0.621. The standard InChI is InChI=1S/C15H20N4O.ClH/c1-11-3-5-13(6-4-11)14(16)15(20)17-8-7-12-9-18-19(2)10-12;/h3-6,9-10,14H,7-8,16H2,1-2H3,(H,17,20);1H. The molecule has 1 aromatic carbocycles. The highest BCUT2D eigenvalue weighted by Crippen LogP contribution is 2.11. The van der Waals surface area contributed by atoms with Crippen LogP contribution >= 0.6 is 12.4 Å².